The van der Waals surface area contributed by atoms with Crippen LogP contribution in [0.4, 0.5) is 11.5 Å². The third-order valence-corrected chi connectivity index (χ3v) is 3.52. The van der Waals surface area contributed by atoms with Gasteiger partial charge in [-0.3, -0.25) is 0 Å². The van der Waals surface area contributed by atoms with Crippen LogP contribution in [0.3, 0.4) is 0 Å². The van der Waals surface area contributed by atoms with Gasteiger partial charge in [-0.15, -0.1) is 0 Å². The van der Waals surface area contributed by atoms with Crippen molar-refractivity contribution in [3.8, 4) is 0 Å². The Labute approximate surface area is 102 Å². The topological polar surface area (TPSA) is 62.4 Å². The average Bonchev–Trinajstić information content (AvgIpc) is 2.44. The van der Waals surface area contributed by atoms with Gasteiger partial charge in [0.25, 0.3) is 0 Å². The zero-order chi connectivity index (χ0) is 12.5. The van der Waals surface area contributed by atoms with E-state index in [0.717, 1.165) is 49.4 Å². The third kappa shape index (κ3) is 2.88. The summed E-state index contributed by atoms with van der Waals surface area (Å²) in [4.78, 5) is 6.62. The van der Waals surface area contributed by atoms with Gasteiger partial charge in [0, 0.05) is 31.0 Å². The summed E-state index contributed by atoms with van der Waals surface area (Å²) in [6.07, 6.45) is 4.43. The van der Waals surface area contributed by atoms with Crippen LogP contribution in [-0.4, -0.2) is 28.8 Å². The van der Waals surface area contributed by atoms with E-state index in [2.05, 4.69) is 9.88 Å². The van der Waals surface area contributed by atoms with Crippen LogP contribution in [0.25, 0.3) is 0 Å². The molecule has 1 saturated heterocycles. The Morgan fingerprint density at radius 2 is 2.18 bits per heavy atom. The monoisotopic (exact) mass is 235 g/mol. The molecule has 0 aromatic carbocycles. The lowest BCUT2D eigenvalue weighted by atomic mass is 9.98. The summed E-state index contributed by atoms with van der Waals surface area (Å²) >= 11 is 0. The van der Waals surface area contributed by atoms with Crippen LogP contribution in [-0.2, 0) is 0 Å². The molecule has 0 spiro atoms. The molecule has 17 heavy (non-hydrogen) atoms. The van der Waals surface area contributed by atoms with Crippen molar-refractivity contribution in [1.82, 2.24) is 4.98 Å². The van der Waals surface area contributed by atoms with Crippen LogP contribution in [0.2, 0.25) is 0 Å². The predicted molar refractivity (Wildman–Crippen MR) is 70.1 cm³/mol. The largest absolute Gasteiger partial charge is 0.398 e. The van der Waals surface area contributed by atoms with Gasteiger partial charge in [0.05, 0.1) is 5.60 Å². The van der Waals surface area contributed by atoms with E-state index in [4.69, 9.17) is 5.73 Å². The van der Waals surface area contributed by atoms with Crippen molar-refractivity contribution < 1.29 is 5.11 Å². The molecule has 0 bridgehead atoms. The molecule has 0 radical (unpaired) electrons. The number of aromatic nitrogens is 1. The maximum absolute atomic E-state index is 10.0. The SMILES string of the molecule is Cc1cnc(N2CCCC(C)(O)CC2)cc1N. The number of anilines is 2. The first-order valence-electron chi connectivity index (χ1n) is 6.17. The van der Waals surface area contributed by atoms with Gasteiger partial charge in [0.1, 0.15) is 5.82 Å². The van der Waals surface area contributed by atoms with Gasteiger partial charge >= 0.3 is 0 Å². The maximum Gasteiger partial charge on any atom is 0.130 e. The second kappa shape index (κ2) is 4.53. The summed E-state index contributed by atoms with van der Waals surface area (Å²) in [5, 5.41) is 10.0. The van der Waals surface area contributed by atoms with Crippen molar-refractivity contribution in [3.63, 3.8) is 0 Å². The predicted octanol–water partition coefficient (Wildman–Crippen LogP) is 1.71. The molecule has 1 atom stereocenters. The highest BCUT2D eigenvalue weighted by Gasteiger charge is 2.25. The van der Waals surface area contributed by atoms with Crippen molar-refractivity contribution in [3.05, 3.63) is 17.8 Å². The van der Waals surface area contributed by atoms with E-state index in [1.807, 2.05) is 26.1 Å². The van der Waals surface area contributed by atoms with E-state index in [9.17, 15) is 5.11 Å². The fourth-order valence-corrected chi connectivity index (χ4v) is 2.19. The van der Waals surface area contributed by atoms with Gasteiger partial charge < -0.3 is 15.7 Å². The van der Waals surface area contributed by atoms with Crippen molar-refractivity contribution >= 4 is 11.5 Å². The zero-order valence-electron chi connectivity index (χ0n) is 10.6. The van der Waals surface area contributed by atoms with Crippen LogP contribution in [0, 0.1) is 6.92 Å². The van der Waals surface area contributed by atoms with Crippen molar-refractivity contribution in [2.45, 2.75) is 38.7 Å². The number of hydrogen-bond donors (Lipinski definition) is 2. The molecule has 1 aromatic rings. The summed E-state index contributed by atoms with van der Waals surface area (Å²) in [5.74, 6) is 0.922. The molecule has 1 aliphatic heterocycles. The number of rotatable bonds is 1. The highest BCUT2D eigenvalue weighted by Crippen LogP contribution is 2.25. The summed E-state index contributed by atoms with van der Waals surface area (Å²) in [6, 6.07) is 1.93. The van der Waals surface area contributed by atoms with Crippen LogP contribution in [0.15, 0.2) is 12.3 Å². The first-order valence-corrected chi connectivity index (χ1v) is 6.17. The van der Waals surface area contributed by atoms with Gasteiger partial charge in [-0.2, -0.15) is 0 Å². The molecule has 2 heterocycles. The highest BCUT2D eigenvalue weighted by atomic mass is 16.3. The van der Waals surface area contributed by atoms with Gasteiger partial charge in [-0.25, -0.2) is 4.98 Å². The number of aryl methyl sites for hydroxylation is 1. The molecule has 1 unspecified atom stereocenters. The minimum atomic E-state index is -0.537. The van der Waals surface area contributed by atoms with Crippen molar-refractivity contribution in [2.75, 3.05) is 23.7 Å². The van der Waals surface area contributed by atoms with Crippen molar-refractivity contribution in [1.29, 1.82) is 0 Å². The fourth-order valence-electron chi connectivity index (χ4n) is 2.19. The lowest BCUT2D eigenvalue weighted by Crippen LogP contribution is -2.28. The Morgan fingerprint density at radius 1 is 1.41 bits per heavy atom. The van der Waals surface area contributed by atoms with Crippen LogP contribution in [0.5, 0.6) is 0 Å². The molecular weight excluding hydrogens is 214 g/mol. The quantitative estimate of drug-likeness (QED) is 0.778. The van der Waals surface area contributed by atoms with Gasteiger partial charge in [0.15, 0.2) is 0 Å². The standard InChI is InChI=1S/C13H21N3O/c1-10-9-15-12(8-11(10)14)16-6-3-4-13(2,17)5-7-16/h8-9,17H,3-7H2,1-2H3,(H2,14,15). The molecule has 4 heteroatoms. The van der Waals surface area contributed by atoms with Crippen LogP contribution >= 0.6 is 0 Å². The van der Waals surface area contributed by atoms with E-state index >= 15 is 0 Å². The summed E-state index contributed by atoms with van der Waals surface area (Å²) < 4.78 is 0. The Kier molecular flexibility index (Phi) is 3.24. The van der Waals surface area contributed by atoms with Gasteiger partial charge in [-0.05, 0) is 38.7 Å². The second-order valence-corrected chi connectivity index (χ2v) is 5.24. The molecule has 0 saturated carbocycles. The average molecular weight is 235 g/mol. The Balaban J connectivity index is 2.14. The number of hydrogen-bond acceptors (Lipinski definition) is 4. The summed E-state index contributed by atoms with van der Waals surface area (Å²) in [6.45, 7) is 5.64. The normalized spacial score (nSPS) is 25.7. The van der Waals surface area contributed by atoms with Gasteiger partial charge in [0.2, 0.25) is 0 Å². The zero-order valence-corrected chi connectivity index (χ0v) is 10.6. The van der Waals surface area contributed by atoms with Crippen LogP contribution in [0.1, 0.15) is 31.7 Å². The van der Waals surface area contributed by atoms with E-state index in [1.54, 1.807) is 0 Å². The number of nitrogen functional groups attached to an aromatic ring is 1. The molecule has 1 fully saturated rings. The minimum absolute atomic E-state index is 0.537. The molecule has 4 nitrogen and oxygen atoms in total. The van der Waals surface area contributed by atoms with E-state index in [-0.39, 0.29) is 0 Å². The minimum Gasteiger partial charge on any atom is -0.398 e. The van der Waals surface area contributed by atoms with Crippen LogP contribution < -0.4 is 10.6 Å². The summed E-state index contributed by atoms with van der Waals surface area (Å²) in [7, 11) is 0. The lowest BCUT2D eigenvalue weighted by Gasteiger charge is -2.23. The number of nitrogens with zero attached hydrogens (tertiary/aromatic N) is 2. The molecule has 2 rings (SSSR count). The maximum atomic E-state index is 10.0. The second-order valence-electron chi connectivity index (χ2n) is 5.24. The molecule has 94 valence electrons. The molecule has 1 aliphatic rings. The number of aliphatic hydroxyl groups is 1. The molecular formula is C13H21N3O. The van der Waals surface area contributed by atoms with E-state index < -0.39 is 5.60 Å². The molecule has 3 N–H and O–H groups in total. The van der Waals surface area contributed by atoms with Crippen molar-refractivity contribution in [2.24, 2.45) is 0 Å². The fraction of sp³-hybridized carbons (Fsp3) is 0.615. The van der Waals surface area contributed by atoms with Gasteiger partial charge in [-0.1, -0.05) is 0 Å². The highest BCUT2D eigenvalue weighted by molar-refractivity contribution is 5.54. The first-order chi connectivity index (χ1) is 7.98. The Hall–Kier alpha value is -1.29. The number of pyridine rings is 1. The number of nitrogens with two attached hydrogens (primary N) is 1. The molecule has 1 aromatic heterocycles. The Bertz CT molecular complexity index is 404. The first kappa shape index (κ1) is 12.2. The van der Waals surface area contributed by atoms with E-state index in [1.165, 1.54) is 0 Å². The smallest absolute Gasteiger partial charge is 0.130 e. The third-order valence-electron chi connectivity index (χ3n) is 3.52. The summed E-state index contributed by atoms with van der Waals surface area (Å²) in [5.41, 5.74) is 7.16. The molecule has 0 aliphatic carbocycles. The molecule has 0 amide bonds. The van der Waals surface area contributed by atoms with E-state index in [0.29, 0.717) is 0 Å². The Morgan fingerprint density at radius 3 is 2.88 bits per heavy atom. The lowest BCUT2D eigenvalue weighted by molar-refractivity contribution is 0.0481.